The molecule has 2 unspecified atom stereocenters. The van der Waals surface area contributed by atoms with Crippen molar-refractivity contribution in [3.8, 4) is 0 Å². The van der Waals surface area contributed by atoms with Crippen LogP contribution in [0.4, 0.5) is 0 Å². The summed E-state index contributed by atoms with van der Waals surface area (Å²) in [5.41, 5.74) is 0.412. The van der Waals surface area contributed by atoms with Crippen LogP contribution >= 0.6 is 11.6 Å². The van der Waals surface area contributed by atoms with Crippen molar-refractivity contribution in [2.45, 2.75) is 25.2 Å². The highest BCUT2D eigenvalue weighted by Crippen LogP contribution is 2.57. The second-order valence-electron chi connectivity index (χ2n) is 6.02. The molecule has 1 aromatic rings. The Morgan fingerprint density at radius 1 is 1.38 bits per heavy atom. The summed E-state index contributed by atoms with van der Waals surface area (Å²) in [6.07, 6.45) is 2.41. The molecule has 1 aliphatic heterocycles. The van der Waals surface area contributed by atoms with Gasteiger partial charge in [-0.1, -0.05) is 23.7 Å². The SMILES string of the molecule is COCC1(C2CC2)CC(=O)NC(=O)C1c1cccc(Cl)c1. The maximum Gasteiger partial charge on any atom is 0.234 e. The number of nitrogens with one attached hydrogen (secondary N) is 1. The zero-order chi connectivity index (χ0) is 15.0. The Balaban J connectivity index is 2.07. The number of imide groups is 1. The molecule has 4 nitrogen and oxygen atoms in total. The number of carbonyl (C=O) groups is 2. The molecule has 0 spiro atoms. The van der Waals surface area contributed by atoms with Crippen molar-refractivity contribution in [3.05, 3.63) is 34.9 Å². The lowest BCUT2D eigenvalue weighted by Gasteiger charge is -2.42. The van der Waals surface area contributed by atoms with E-state index >= 15 is 0 Å². The molecule has 1 N–H and O–H groups in total. The minimum Gasteiger partial charge on any atom is -0.384 e. The minimum atomic E-state index is -0.446. The Bertz CT molecular complexity index is 585. The number of carbonyl (C=O) groups excluding carboxylic acids is 2. The molecule has 0 bridgehead atoms. The van der Waals surface area contributed by atoms with Crippen molar-refractivity contribution in [2.75, 3.05) is 13.7 Å². The van der Waals surface area contributed by atoms with Crippen LogP contribution in [0, 0.1) is 11.3 Å². The van der Waals surface area contributed by atoms with Gasteiger partial charge in [0, 0.05) is 24.0 Å². The van der Waals surface area contributed by atoms with Crippen LogP contribution in [-0.4, -0.2) is 25.5 Å². The first kappa shape index (κ1) is 14.5. The first-order valence-corrected chi connectivity index (χ1v) is 7.53. The highest BCUT2D eigenvalue weighted by Gasteiger charge is 2.57. The number of methoxy groups -OCH3 is 1. The highest BCUT2D eigenvalue weighted by atomic mass is 35.5. The van der Waals surface area contributed by atoms with Crippen LogP contribution in [0.5, 0.6) is 0 Å². The molecule has 2 fully saturated rings. The predicted molar refractivity (Wildman–Crippen MR) is 79.0 cm³/mol. The number of ether oxygens (including phenoxy) is 1. The van der Waals surface area contributed by atoms with Crippen molar-refractivity contribution in [2.24, 2.45) is 11.3 Å². The van der Waals surface area contributed by atoms with Crippen molar-refractivity contribution < 1.29 is 14.3 Å². The highest BCUT2D eigenvalue weighted by molar-refractivity contribution is 6.30. The Labute approximate surface area is 128 Å². The topological polar surface area (TPSA) is 55.4 Å². The van der Waals surface area contributed by atoms with Gasteiger partial charge in [0.25, 0.3) is 0 Å². The maximum atomic E-state index is 12.5. The first-order valence-electron chi connectivity index (χ1n) is 7.15. The number of benzene rings is 1. The van der Waals surface area contributed by atoms with E-state index in [4.69, 9.17) is 16.3 Å². The zero-order valence-electron chi connectivity index (χ0n) is 11.9. The van der Waals surface area contributed by atoms with Crippen LogP contribution in [0.1, 0.15) is 30.7 Å². The van der Waals surface area contributed by atoms with Gasteiger partial charge in [-0.05, 0) is 36.5 Å². The van der Waals surface area contributed by atoms with E-state index in [1.807, 2.05) is 18.2 Å². The van der Waals surface area contributed by atoms with Crippen LogP contribution in [0.25, 0.3) is 0 Å². The molecule has 1 aliphatic carbocycles. The Morgan fingerprint density at radius 3 is 2.76 bits per heavy atom. The number of piperidine rings is 1. The number of halogens is 1. The van der Waals surface area contributed by atoms with Crippen molar-refractivity contribution >= 4 is 23.4 Å². The maximum absolute atomic E-state index is 12.5. The fourth-order valence-corrected chi connectivity index (χ4v) is 3.84. The fourth-order valence-electron chi connectivity index (χ4n) is 3.64. The molecule has 1 heterocycles. The summed E-state index contributed by atoms with van der Waals surface area (Å²) in [5.74, 6) is -0.475. The molecule has 1 saturated heterocycles. The summed E-state index contributed by atoms with van der Waals surface area (Å²) < 4.78 is 5.40. The Hall–Kier alpha value is -1.39. The monoisotopic (exact) mass is 307 g/mol. The molecule has 5 heteroatoms. The van der Waals surface area contributed by atoms with E-state index in [1.165, 1.54) is 0 Å². The number of hydrogen-bond acceptors (Lipinski definition) is 3. The molecule has 2 aliphatic rings. The van der Waals surface area contributed by atoms with Gasteiger partial charge < -0.3 is 4.74 Å². The van der Waals surface area contributed by atoms with Gasteiger partial charge in [-0.3, -0.25) is 14.9 Å². The molecule has 0 aromatic heterocycles. The van der Waals surface area contributed by atoms with Gasteiger partial charge in [-0.25, -0.2) is 0 Å². The van der Waals surface area contributed by atoms with Gasteiger partial charge in [0.1, 0.15) is 0 Å². The van der Waals surface area contributed by atoms with Crippen molar-refractivity contribution in [1.82, 2.24) is 5.32 Å². The summed E-state index contributed by atoms with van der Waals surface area (Å²) >= 11 is 6.08. The van der Waals surface area contributed by atoms with Crippen LogP contribution in [-0.2, 0) is 14.3 Å². The van der Waals surface area contributed by atoms with Crippen LogP contribution in [0.15, 0.2) is 24.3 Å². The molecule has 112 valence electrons. The first-order chi connectivity index (χ1) is 10.1. The average molecular weight is 308 g/mol. The van der Waals surface area contributed by atoms with Gasteiger partial charge >= 0.3 is 0 Å². The van der Waals surface area contributed by atoms with Crippen LogP contribution < -0.4 is 5.32 Å². The molecule has 2 amide bonds. The largest absolute Gasteiger partial charge is 0.384 e. The van der Waals surface area contributed by atoms with E-state index in [9.17, 15) is 9.59 Å². The van der Waals surface area contributed by atoms with E-state index in [2.05, 4.69) is 5.32 Å². The van der Waals surface area contributed by atoms with E-state index in [0.29, 0.717) is 24.0 Å². The summed E-state index contributed by atoms with van der Waals surface area (Å²) in [5, 5.41) is 3.06. The molecular weight excluding hydrogens is 290 g/mol. The van der Waals surface area contributed by atoms with Gasteiger partial charge in [0.2, 0.25) is 11.8 Å². The van der Waals surface area contributed by atoms with Crippen LogP contribution in [0.3, 0.4) is 0 Å². The van der Waals surface area contributed by atoms with Crippen molar-refractivity contribution in [3.63, 3.8) is 0 Å². The lowest BCUT2D eigenvalue weighted by Crippen LogP contribution is -2.53. The Kier molecular flexibility index (Phi) is 3.76. The zero-order valence-corrected chi connectivity index (χ0v) is 12.7. The molecular formula is C16H18ClNO3. The summed E-state index contributed by atoms with van der Waals surface area (Å²) in [6.45, 7) is 0.411. The van der Waals surface area contributed by atoms with Gasteiger partial charge in [-0.15, -0.1) is 0 Å². The number of rotatable bonds is 4. The molecule has 21 heavy (non-hydrogen) atoms. The smallest absolute Gasteiger partial charge is 0.234 e. The quantitative estimate of drug-likeness (QED) is 0.870. The summed E-state index contributed by atoms with van der Waals surface area (Å²) in [4.78, 5) is 24.4. The predicted octanol–water partition coefficient (Wildman–Crippen LogP) is 2.51. The Morgan fingerprint density at radius 2 is 2.14 bits per heavy atom. The van der Waals surface area contributed by atoms with E-state index in [0.717, 1.165) is 18.4 Å². The van der Waals surface area contributed by atoms with E-state index in [1.54, 1.807) is 13.2 Å². The summed E-state index contributed by atoms with van der Waals surface area (Å²) in [6, 6.07) is 7.34. The third kappa shape index (κ3) is 2.58. The van der Waals surface area contributed by atoms with E-state index < -0.39 is 5.41 Å². The van der Waals surface area contributed by atoms with Gasteiger partial charge in [-0.2, -0.15) is 0 Å². The third-order valence-electron chi connectivity index (χ3n) is 4.57. The molecule has 0 radical (unpaired) electrons. The molecule has 1 aromatic carbocycles. The van der Waals surface area contributed by atoms with Gasteiger partial charge in [0.15, 0.2) is 0 Å². The second-order valence-corrected chi connectivity index (χ2v) is 6.45. The lowest BCUT2D eigenvalue weighted by atomic mass is 9.64. The molecule has 1 saturated carbocycles. The van der Waals surface area contributed by atoms with E-state index in [-0.39, 0.29) is 17.7 Å². The lowest BCUT2D eigenvalue weighted by molar-refractivity contribution is -0.143. The average Bonchev–Trinajstić information content (AvgIpc) is 3.22. The third-order valence-corrected chi connectivity index (χ3v) is 4.81. The fraction of sp³-hybridized carbons (Fsp3) is 0.500. The molecule has 2 atom stereocenters. The summed E-state index contributed by atoms with van der Waals surface area (Å²) in [7, 11) is 1.62. The number of hydrogen-bond donors (Lipinski definition) is 1. The number of amides is 2. The standard InChI is InChI=1S/C16H18ClNO3/c1-21-9-16(11-5-6-11)8-13(19)18-15(20)14(16)10-3-2-4-12(17)7-10/h2-4,7,11,14H,5-6,8-9H2,1H3,(H,18,19,20). The van der Waals surface area contributed by atoms with Gasteiger partial charge in [0.05, 0.1) is 12.5 Å². The normalized spacial score (nSPS) is 29.3. The van der Waals surface area contributed by atoms with Crippen LogP contribution in [0.2, 0.25) is 5.02 Å². The van der Waals surface area contributed by atoms with Crippen molar-refractivity contribution in [1.29, 1.82) is 0 Å². The molecule has 3 rings (SSSR count). The second kappa shape index (κ2) is 5.43. The minimum absolute atomic E-state index is 0.206.